The molecule has 4 aliphatic rings. The van der Waals surface area contributed by atoms with Gasteiger partial charge in [0, 0.05) is 6.92 Å². The number of carbonyl (C=O) groups excluding carboxylic acids is 1. The lowest BCUT2D eigenvalue weighted by molar-refractivity contribution is -0.152. The highest BCUT2D eigenvalue weighted by Gasteiger charge is 2.89. The molecule has 3 fully saturated rings. The molecule has 2 aliphatic carbocycles. The Morgan fingerprint density at radius 1 is 1.33 bits per heavy atom. The van der Waals surface area contributed by atoms with E-state index in [1.165, 1.54) is 13.3 Å². The van der Waals surface area contributed by atoms with E-state index in [-0.39, 0.29) is 34.6 Å². The molecular formula is C14H17ClO3. The molecule has 18 heavy (non-hydrogen) atoms. The number of esters is 1. The van der Waals surface area contributed by atoms with Gasteiger partial charge in [0.05, 0.1) is 22.5 Å². The average Bonchev–Trinajstić information content (AvgIpc) is 2.61. The molecule has 2 saturated carbocycles. The van der Waals surface area contributed by atoms with E-state index >= 15 is 0 Å². The van der Waals surface area contributed by atoms with Gasteiger partial charge in [0.1, 0.15) is 6.10 Å². The van der Waals surface area contributed by atoms with Crippen LogP contribution in [0.25, 0.3) is 0 Å². The van der Waals surface area contributed by atoms with Gasteiger partial charge in [0.25, 0.3) is 0 Å². The SMILES string of the molecule is CC(=O)O[C@H]1CCCC[C@@H]2[C@@]3(Cl)[C@H]4C=C[C@H](O4)[C@@]123. The molecule has 0 unspecified atom stereocenters. The van der Waals surface area contributed by atoms with Gasteiger partial charge >= 0.3 is 5.97 Å². The zero-order chi connectivity index (χ0) is 12.5. The van der Waals surface area contributed by atoms with Crippen molar-refractivity contribution in [3.63, 3.8) is 0 Å². The summed E-state index contributed by atoms with van der Waals surface area (Å²) in [5.74, 6) is 0.241. The Morgan fingerprint density at radius 2 is 2.06 bits per heavy atom. The summed E-state index contributed by atoms with van der Waals surface area (Å²) in [6, 6.07) is 0. The van der Waals surface area contributed by atoms with Crippen LogP contribution in [-0.2, 0) is 14.3 Å². The average molecular weight is 269 g/mol. The van der Waals surface area contributed by atoms with Crippen LogP contribution in [0.4, 0.5) is 0 Å². The maximum Gasteiger partial charge on any atom is 0.302 e. The van der Waals surface area contributed by atoms with Gasteiger partial charge in [-0.15, -0.1) is 11.6 Å². The molecule has 0 amide bonds. The summed E-state index contributed by atoms with van der Waals surface area (Å²) < 4.78 is 11.5. The van der Waals surface area contributed by atoms with E-state index in [1.807, 2.05) is 0 Å². The fourth-order valence-electron chi connectivity index (χ4n) is 4.79. The minimum Gasteiger partial charge on any atom is -0.462 e. The smallest absolute Gasteiger partial charge is 0.302 e. The fraction of sp³-hybridized carbons (Fsp3) is 0.786. The monoisotopic (exact) mass is 268 g/mol. The number of alkyl halides is 1. The maximum atomic E-state index is 11.4. The molecule has 98 valence electrons. The molecule has 3 nitrogen and oxygen atoms in total. The molecule has 0 aromatic carbocycles. The molecule has 1 spiro atoms. The van der Waals surface area contributed by atoms with Crippen LogP contribution in [-0.4, -0.2) is 29.2 Å². The van der Waals surface area contributed by atoms with E-state index in [1.54, 1.807) is 0 Å². The quantitative estimate of drug-likeness (QED) is 0.416. The van der Waals surface area contributed by atoms with Crippen LogP contribution in [0.3, 0.4) is 0 Å². The number of hydrogen-bond acceptors (Lipinski definition) is 3. The summed E-state index contributed by atoms with van der Waals surface area (Å²) in [6.07, 6.45) is 8.56. The largest absolute Gasteiger partial charge is 0.462 e. The lowest BCUT2D eigenvalue weighted by Gasteiger charge is -2.29. The fourth-order valence-corrected chi connectivity index (χ4v) is 5.51. The van der Waals surface area contributed by atoms with Crippen LogP contribution in [0, 0.1) is 11.3 Å². The Morgan fingerprint density at radius 3 is 2.83 bits per heavy atom. The molecule has 1 saturated heterocycles. The minimum atomic E-state index is -0.313. The molecule has 2 aliphatic heterocycles. The van der Waals surface area contributed by atoms with E-state index in [0.29, 0.717) is 5.92 Å². The summed E-state index contributed by atoms with van der Waals surface area (Å²) in [5.41, 5.74) is -0.143. The first kappa shape index (κ1) is 11.3. The predicted octanol–water partition coefficient (Wildman–Crippen LogP) is 2.42. The zero-order valence-corrected chi connectivity index (χ0v) is 11.2. The van der Waals surface area contributed by atoms with E-state index in [9.17, 15) is 4.79 Å². The van der Waals surface area contributed by atoms with E-state index < -0.39 is 0 Å². The molecule has 6 atom stereocenters. The standard InChI is InChI=1S/C14H17ClO3/c1-8(16)17-10-5-3-2-4-9-13(10)11-6-7-12(18-11)14(9,13)15/h6-7,9-12H,2-5H2,1H3/t9-,10-,11-,12+,13-,14+/m0/s1. The Bertz CT molecular complexity index is 448. The van der Waals surface area contributed by atoms with Crippen LogP contribution in [0.2, 0.25) is 0 Å². The molecule has 2 heterocycles. The van der Waals surface area contributed by atoms with Gasteiger partial charge in [-0.2, -0.15) is 0 Å². The van der Waals surface area contributed by atoms with Crippen molar-refractivity contribution in [2.24, 2.45) is 11.3 Å². The first-order valence-corrected chi connectivity index (χ1v) is 7.19. The van der Waals surface area contributed by atoms with Crippen LogP contribution >= 0.6 is 11.6 Å². The Kier molecular flexibility index (Phi) is 2.08. The Labute approximate surface area is 111 Å². The number of halogens is 1. The van der Waals surface area contributed by atoms with Crippen molar-refractivity contribution in [2.45, 2.75) is 55.8 Å². The number of rotatable bonds is 1. The minimum absolute atomic E-state index is 0.0188. The summed E-state index contributed by atoms with van der Waals surface area (Å²) in [4.78, 5) is 11.0. The normalized spacial score (nSPS) is 55.7. The van der Waals surface area contributed by atoms with Gasteiger partial charge in [-0.05, 0) is 25.2 Å². The Balaban J connectivity index is 1.76. The molecule has 0 aromatic heterocycles. The van der Waals surface area contributed by atoms with Gasteiger partial charge in [-0.3, -0.25) is 4.79 Å². The van der Waals surface area contributed by atoms with Crippen molar-refractivity contribution in [1.29, 1.82) is 0 Å². The number of fused-ring (bicyclic) bond motifs is 4. The lowest BCUT2D eigenvalue weighted by Crippen LogP contribution is -2.38. The highest BCUT2D eigenvalue weighted by Crippen LogP contribution is 2.81. The Hall–Kier alpha value is -0.540. The highest BCUT2D eigenvalue weighted by molar-refractivity contribution is 6.28. The van der Waals surface area contributed by atoms with E-state index in [2.05, 4.69) is 12.2 Å². The van der Waals surface area contributed by atoms with Crippen LogP contribution in [0.15, 0.2) is 12.2 Å². The number of ether oxygens (including phenoxy) is 2. The van der Waals surface area contributed by atoms with Crippen molar-refractivity contribution in [3.05, 3.63) is 12.2 Å². The first-order chi connectivity index (χ1) is 8.61. The van der Waals surface area contributed by atoms with Crippen molar-refractivity contribution in [1.82, 2.24) is 0 Å². The van der Waals surface area contributed by atoms with Crippen LogP contribution in [0.1, 0.15) is 32.6 Å². The third kappa shape index (κ3) is 1.01. The molecule has 4 rings (SSSR count). The molecular weight excluding hydrogens is 252 g/mol. The maximum absolute atomic E-state index is 11.4. The topological polar surface area (TPSA) is 35.5 Å². The second-order valence-electron chi connectivity index (χ2n) is 6.00. The molecule has 0 radical (unpaired) electrons. The summed E-state index contributed by atoms with van der Waals surface area (Å²) >= 11 is 6.88. The van der Waals surface area contributed by atoms with Gasteiger partial charge in [0.15, 0.2) is 0 Å². The third-order valence-corrected chi connectivity index (χ3v) is 6.16. The second-order valence-corrected chi connectivity index (χ2v) is 6.62. The first-order valence-electron chi connectivity index (χ1n) is 6.81. The van der Waals surface area contributed by atoms with E-state index in [0.717, 1.165) is 19.3 Å². The lowest BCUT2D eigenvalue weighted by atomic mass is 9.84. The highest BCUT2D eigenvalue weighted by atomic mass is 35.5. The van der Waals surface area contributed by atoms with Crippen molar-refractivity contribution >= 4 is 17.6 Å². The summed E-state index contributed by atoms with van der Waals surface area (Å²) in [7, 11) is 0. The second kappa shape index (κ2) is 3.31. The van der Waals surface area contributed by atoms with Gasteiger partial charge < -0.3 is 9.47 Å². The predicted molar refractivity (Wildman–Crippen MR) is 66.3 cm³/mol. The number of carbonyl (C=O) groups is 1. The van der Waals surface area contributed by atoms with Gasteiger partial charge in [0.2, 0.25) is 0 Å². The molecule has 0 aromatic rings. The molecule has 4 heteroatoms. The molecule has 2 bridgehead atoms. The van der Waals surface area contributed by atoms with Gasteiger partial charge in [-0.1, -0.05) is 18.6 Å². The third-order valence-electron chi connectivity index (χ3n) is 5.35. The van der Waals surface area contributed by atoms with Crippen molar-refractivity contribution in [2.75, 3.05) is 0 Å². The van der Waals surface area contributed by atoms with Crippen LogP contribution < -0.4 is 0 Å². The van der Waals surface area contributed by atoms with Crippen LogP contribution in [0.5, 0.6) is 0 Å². The van der Waals surface area contributed by atoms with E-state index in [4.69, 9.17) is 21.1 Å². The van der Waals surface area contributed by atoms with Gasteiger partial charge in [-0.25, -0.2) is 0 Å². The van der Waals surface area contributed by atoms with Crippen molar-refractivity contribution < 1.29 is 14.3 Å². The van der Waals surface area contributed by atoms with Crippen molar-refractivity contribution in [3.8, 4) is 0 Å². The zero-order valence-electron chi connectivity index (χ0n) is 10.4. The summed E-state index contributed by atoms with van der Waals surface area (Å²) in [6.45, 7) is 1.48. The molecule has 0 N–H and O–H groups in total. The summed E-state index contributed by atoms with van der Waals surface area (Å²) in [5, 5.41) is 0. The number of hydrogen-bond donors (Lipinski definition) is 0.